The molecule has 0 aliphatic carbocycles. The third kappa shape index (κ3) is 3.26. The van der Waals surface area contributed by atoms with E-state index in [-0.39, 0.29) is 12.0 Å². The zero-order valence-corrected chi connectivity index (χ0v) is 13.4. The molecule has 2 aromatic heterocycles. The van der Waals surface area contributed by atoms with Gasteiger partial charge in [0.05, 0.1) is 13.2 Å². The highest BCUT2D eigenvalue weighted by molar-refractivity contribution is 5.93. The van der Waals surface area contributed by atoms with Gasteiger partial charge in [-0.15, -0.1) is 0 Å². The Balaban J connectivity index is 1.71. The van der Waals surface area contributed by atoms with E-state index in [1.807, 2.05) is 6.92 Å². The number of nitrogens with one attached hydrogen (secondary N) is 1. The topological polar surface area (TPSA) is 97.1 Å². The molecule has 1 atom stereocenters. The molecule has 1 amide bonds. The third-order valence-corrected chi connectivity index (χ3v) is 3.84. The van der Waals surface area contributed by atoms with Crippen LogP contribution in [0.15, 0.2) is 10.8 Å². The number of H-pyrrole nitrogens is 1. The summed E-state index contributed by atoms with van der Waals surface area (Å²) < 4.78 is 11.0. The number of hydrogen-bond acceptors (Lipinski definition) is 6. The molecule has 1 aliphatic rings. The predicted molar refractivity (Wildman–Crippen MR) is 80.9 cm³/mol. The van der Waals surface area contributed by atoms with Gasteiger partial charge in [-0.2, -0.15) is 5.10 Å². The molecule has 3 rings (SSSR count). The molecule has 23 heavy (non-hydrogen) atoms. The van der Waals surface area contributed by atoms with Gasteiger partial charge in [-0.05, 0) is 6.42 Å². The quantitative estimate of drug-likeness (QED) is 0.897. The fraction of sp³-hybridized carbons (Fsp3) is 0.600. The lowest BCUT2D eigenvalue weighted by molar-refractivity contribution is -0.0269. The predicted octanol–water partition coefficient (Wildman–Crippen LogP) is 1.52. The Morgan fingerprint density at radius 1 is 1.48 bits per heavy atom. The van der Waals surface area contributed by atoms with Crippen molar-refractivity contribution in [1.29, 1.82) is 0 Å². The van der Waals surface area contributed by atoms with Crippen LogP contribution < -0.4 is 0 Å². The second kappa shape index (κ2) is 6.91. The largest absolute Gasteiger partial charge is 0.448 e. The zero-order chi connectivity index (χ0) is 16.2. The lowest BCUT2D eigenvalue weighted by atomic mass is 10.2. The van der Waals surface area contributed by atoms with Crippen molar-refractivity contribution in [2.24, 2.45) is 0 Å². The summed E-state index contributed by atoms with van der Waals surface area (Å²) in [7, 11) is 0. The molecule has 124 valence electrons. The van der Waals surface area contributed by atoms with Crippen molar-refractivity contribution in [3.63, 3.8) is 0 Å². The summed E-state index contributed by atoms with van der Waals surface area (Å²) in [4.78, 5) is 22.9. The highest BCUT2D eigenvalue weighted by atomic mass is 16.5. The average Bonchev–Trinajstić information content (AvgIpc) is 3.23. The fourth-order valence-corrected chi connectivity index (χ4v) is 2.64. The van der Waals surface area contributed by atoms with Gasteiger partial charge in [0.1, 0.15) is 17.7 Å². The molecule has 0 bridgehead atoms. The van der Waals surface area contributed by atoms with E-state index in [0.717, 1.165) is 18.7 Å². The molecule has 2 aromatic rings. The standard InChI is InChI=1S/C15H21N5O3/c1-3-5-12-17-14(19-18-12)11-8-20(6-7-22-11)15(21)13-10(4-2)23-9-16-13/h9,11H,3-8H2,1-2H3,(H,17,18,19). The summed E-state index contributed by atoms with van der Waals surface area (Å²) >= 11 is 0. The molecule has 0 saturated carbocycles. The van der Waals surface area contributed by atoms with Crippen LogP contribution in [-0.4, -0.2) is 50.7 Å². The van der Waals surface area contributed by atoms with Crippen LogP contribution in [0.5, 0.6) is 0 Å². The number of aryl methyl sites for hydroxylation is 2. The van der Waals surface area contributed by atoms with Crippen LogP contribution in [0.1, 0.15) is 54.3 Å². The van der Waals surface area contributed by atoms with Crippen molar-refractivity contribution in [3.8, 4) is 0 Å². The van der Waals surface area contributed by atoms with Crippen LogP contribution in [0.3, 0.4) is 0 Å². The van der Waals surface area contributed by atoms with Gasteiger partial charge in [0.25, 0.3) is 5.91 Å². The minimum absolute atomic E-state index is 0.131. The monoisotopic (exact) mass is 319 g/mol. The molecular weight excluding hydrogens is 298 g/mol. The number of aromatic amines is 1. The smallest absolute Gasteiger partial charge is 0.276 e. The van der Waals surface area contributed by atoms with Crippen LogP contribution >= 0.6 is 0 Å². The van der Waals surface area contributed by atoms with Gasteiger partial charge >= 0.3 is 0 Å². The van der Waals surface area contributed by atoms with E-state index in [1.165, 1.54) is 6.39 Å². The summed E-state index contributed by atoms with van der Waals surface area (Å²) in [6.07, 6.45) is 3.48. The fourth-order valence-electron chi connectivity index (χ4n) is 2.64. The maximum Gasteiger partial charge on any atom is 0.276 e. The van der Waals surface area contributed by atoms with Crippen molar-refractivity contribution < 1.29 is 13.9 Å². The van der Waals surface area contributed by atoms with E-state index in [9.17, 15) is 4.79 Å². The molecule has 1 fully saturated rings. The summed E-state index contributed by atoms with van der Waals surface area (Å²) in [6.45, 7) is 5.41. The van der Waals surface area contributed by atoms with Gasteiger partial charge in [-0.25, -0.2) is 9.97 Å². The summed E-state index contributed by atoms with van der Waals surface area (Å²) in [5, 5.41) is 7.14. The number of nitrogens with zero attached hydrogens (tertiary/aromatic N) is 4. The van der Waals surface area contributed by atoms with Gasteiger partial charge in [-0.3, -0.25) is 9.89 Å². The molecule has 0 spiro atoms. The molecule has 1 N–H and O–H groups in total. The second-order valence-corrected chi connectivity index (χ2v) is 5.48. The number of amides is 1. The maximum atomic E-state index is 12.6. The molecule has 1 aliphatic heterocycles. The number of morpholine rings is 1. The molecular formula is C15H21N5O3. The Morgan fingerprint density at radius 3 is 3.13 bits per heavy atom. The van der Waals surface area contributed by atoms with Crippen LogP contribution in [-0.2, 0) is 17.6 Å². The van der Waals surface area contributed by atoms with Crippen molar-refractivity contribution >= 4 is 5.91 Å². The number of carbonyl (C=O) groups is 1. The SMILES string of the molecule is CCCc1nc(C2CN(C(=O)c3ncoc3CC)CCO2)n[nH]1. The molecule has 0 radical (unpaired) electrons. The van der Waals surface area contributed by atoms with Gasteiger partial charge in [-0.1, -0.05) is 13.8 Å². The third-order valence-electron chi connectivity index (χ3n) is 3.84. The van der Waals surface area contributed by atoms with Crippen LogP contribution in [0.4, 0.5) is 0 Å². The Labute approximate surface area is 134 Å². The lowest BCUT2D eigenvalue weighted by Crippen LogP contribution is -2.43. The van der Waals surface area contributed by atoms with E-state index in [2.05, 4.69) is 27.1 Å². The zero-order valence-electron chi connectivity index (χ0n) is 13.4. The van der Waals surface area contributed by atoms with E-state index in [4.69, 9.17) is 9.15 Å². The first-order valence-electron chi connectivity index (χ1n) is 7.97. The summed E-state index contributed by atoms with van der Waals surface area (Å²) in [5.41, 5.74) is 0.384. The van der Waals surface area contributed by atoms with Crippen molar-refractivity contribution in [2.45, 2.75) is 39.2 Å². The molecule has 0 aromatic carbocycles. The first-order valence-corrected chi connectivity index (χ1v) is 7.97. The number of rotatable bonds is 5. The maximum absolute atomic E-state index is 12.6. The van der Waals surface area contributed by atoms with E-state index in [1.54, 1.807) is 4.90 Å². The Bertz CT molecular complexity index is 666. The molecule has 8 heteroatoms. The highest BCUT2D eigenvalue weighted by Gasteiger charge is 2.30. The van der Waals surface area contributed by atoms with Crippen molar-refractivity contribution in [2.75, 3.05) is 19.7 Å². The molecule has 1 unspecified atom stereocenters. The average molecular weight is 319 g/mol. The van der Waals surface area contributed by atoms with E-state index < -0.39 is 0 Å². The normalized spacial score (nSPS) is 18.3. The van der Waals surface area contributed by atoms with Gasteiger partial charge in [0, 0.05) is 19.4 Å². The Kier molecular flexibility index (Phi) is 4.71. The van der Waals surface area contributed by atoms with Crippen molar-refractivity contribution in [3.05, 3.63) is 29.5 Å². The number of carbonyl (C=O) groups excluding carboxylic acids is 1. The summed E-state index contributed by atoms with van der Waals surface area (Å²) in [5.74, 6) is 1.93. The molecule has 1 saturated heterocycles. The Morgan fingerprint density at radius 2 is 2.35 bits per heavy atom. The molecule has 3 heterocycles. The highest BCUT2D eigenvalue weighted by Crippen LogP contribution is 2.21. The molecule has 8 nitrogen and oxygen atoms in total. The second-order valence-electron chi connectivity index (χ2n) is 5.48. The number of ether oxygens (including phenoxy) is 1. The summed E-state index contributed by atoms with van der Waals surface area (Å²) in [6, 6.07) is 0. The van der Waals surface area contributed by atoms with Crippen molar-refractivity contribution in [1.82, 2.24) is 25.1 Å². The first-order chi connectivity index (χ1) is 11.2. The van der Waals surface area contributed by atoms with Crippen LogP contribution in [0.2, 0.25) is 0 Å². The van der Waals surface area contributed by atoms with Crippen LogP contribution in [0, 0.1) is 0 Å². The van der Waals surface area contributed by atoms with E-state index >= 15 is 0 Å². The minimum atomic E-state index is -0.313. The minimum Gasteiger partial charge on any atom is -0.448 e. The van der Waals surface area contributed by atoms with Crippen LogP contribution in [0.25, 0.3) is 0 Å². The first kappa shape index (κ1) is 15.7. The lowest BCUT2D eigenvalue weighted by Gasteiger charge is -2.31. The number of aromatic nitrogens is 4. The number of oxazole rings is 1. The van der Waals surface area contributed by atoms with Gasteiger partial charge in [0.15, 0.2) is 17.9 Å². The Hall–Kier alpha value is -2.22. The number of hydrogen-bond donors (Lipinski definition) is 1. The van der Waals surface area contributed by atoms with E-state index in [0.29, 0.717) is 43.4 Å². The van der Waals surface area contributed by atoms with Gasteiger partial charge in [0.2, 0.25) is 0 Å². The van der Waals surface area contributed by atoms with Gasteiger partial charge < -0.3 is 14.1 Å².